The standard InChI is InChI=1S/C17H11BrCl2N2O2/c18-17-8-21-10-22(17)9-16(23)14-6-5-13(7-15(14)20)24-12-3-1-11(19)2-4-12/h1-8,10H,9H2. The third-order valence-corrected chi connectivity index (χ3v) is 4.49. The fourth-order valence-corrected chi connectivity index (χ4v) is 2.82. The fraction of sp³-hybridized carbons (Fsp3) is 0.0588. The van der Waals surface area contributed by atoms with Gasteiger partial charge < -0.3 is 9.30 Å². The van der Waals surface area contributed by atoms with Crippen molar-refractivity contribution in [3.63, 3.8) is 0 Å². The molecule has 0 radical (unpaired) electrons. The van der Waals surface area contributed by atoms with Crippen molar-refractivity contribution in [1.82, 2.24) is 9.55 Å². The van der Waals surface area contributed by atoms with Crippen LogP contribution in [0, 0.1) is 0 Å². The van der Waals surface area contributed by atoms with Crippen LogP contribution in [0.5, 0.6) is 11.5 Å². The van der Waals surface area contributed by atoms with Crippen molar-refractivity contribution in [3.05, 3.63) is 75.2 Å². The van der Waals surface area contributed by atoms with Crippen molar-refractivity contribution in [2.24, 2.45) is 0 Å². The van der Waals surface area contributed by atoms with E-state index in [0.29, 0.717) is 27.1 Å². The van der Waals surface area contributed by atoms with Crippen LogP contribution in [0.3, 0.4) is 0 Å². The number of carbonyl (C=O) groups excluding carboxylic acids is 1. The molecule has 0 spiro atoms. The van der Waals surface area contributed by atoms with Gasteiger partial charge in [-0.2, -0.15) is 0 Å². The second-order valence-corrected chi connectivity index (χ2v) is 6.62. The minimum Gasteiger partial charge on any atom is -0.457 e. The van der Waals surface area contributed by atoms with E-state index >= 15 is 0 Å². The van der Waals surface area contributed by atoms with Gasteiger partial charge in [-0.25, -0.2) is 4.98 Å². The Hall–Kier alpha value is -1.82. The molecule has 4 nitrogen and oxygen atoms in total. The van der Waals surface area contributed by atoms with E-state index in [1.54, 1.807) is 59.6 Å². The maximum atomic E-state index is 12.4. The second-order valence-electron chi connectivity index (χ2n) is 4.97. The predicted octanol–water partition coefficient (Wildman–Crippen LogP) is 5.63. The van der Waals surface area contributed by atoms with E-state index < -0.39 is 0 Å². The van der Waals surface area contributed by atoms with E-state index in [4.69, 9.17) is 27.9 Å². The number of Topliss-reactive ketones (excluding diaryl/α,β-unsaturated/α-hetero) is 1. The highest BCUT2D eigenvalue weighted by atomic mass is 79.9. The highest BCUT2D eigenvalue weighted by molar-refractivity contribution is 9.10. The number of carbonyl (C=O) groups is 1. The molecule has 1 aromatic heterocycles. The molecule has 1 heterocycles. The van der Waals surface area contributed by atoms with Crippen molar-refractivity contribution >= 4 is 44.9 Å². The summed E-state index contributed by atoms with van der Waals surface area (Å²) < 4.78 is 8.12. The number of halogens is 3. The molecule has 0 saturated carbocycles. The van der Waals surface area contributed by atoms with Gasteiger partial charge in [-0.1, -0.05) is 23.2 Å². The van der Waals surface area contributed by atoms with Gasteiger partial charge in [0, 0.05) is 16.7 Å². The summed E-state index contributed by atoms with van der Waals surface area (Å²) in [5.41, 5.74) is 0.431. The maximum absolute atomic E-state index is 12.4. The molecule has 3 rings (SSSR count). The van der Waals surface area contributed by atoms with Crippen molar-refractivity contribution < 1.29 is 9.53 Å². The van der Waals surface area contributed by atoms with E-state index in [-0.39, 0.29) is 12.3 Å². The lowest BCUT2D eigenvalue weighted by Crippen LogP contribution is -2.10. The summed E-state index contributed by atoms with van der Waals surface area (Å²) in [4.78, 5) is 16.3. The van der Waals surface area contributed by atoms with E-state index in [0.717, 1.165) is 4.60 Å². The summed E-state index contributed by atoms with van der Waals surface area (Å²) >= 11 is 15.4. The molecule has 122 valence electrons. The molecule has 0 aliphatic heterocycles. The summed E-state index contributed by atoms with van der Waals surface area (Å²) in [6.07, 6.45) is 3.20. The van der Waals surface area contributed by atoms with Gasteiger partial charge in [0.05, 0.1) is 24.1 Å². The molecular formula is C17H11BrCl2N2O2. The van der Waals surface area contributed by atoms with Gasteiger partial charge in [0.25, 0.3) is 0 Å². The molecule has 0 N–H and O–H groups in total. The SMILES string of the molecule is O=C(Cn1cncc1Br)c1ccc(Oc2ccc(Cl)cc2)cc1Cl. The lowest BCUT2D eigenvalue weighted by molar-refractivity contribution is 0.0971. The summed E-state index contributed by atoms with van der Waals surface area (Å²) in [6, 6.07) is 12.0. The third kappa shape index (κ3) is 3.98. The van der Waals surface area contributed by atoms with Gasteiger partial charge in [0.1, 0.15) is 16.1 Å². The first-order valence-corrected chi connectivity index (χ1v) is 8.49. The Morgan fingerprint density at radius 3 is 2.46 bits per heavy atom. The zero-order valence-corrected chi connectivity index (χ0v) is 15.3. The van der Waals surface area contributed by atoms with Crippen molar-refractivity contribution in [2.75, 3.05) is 0 Å². The smallest absolute Gasteiger partial charge is 0.184 e. The Bertz CT molecular complexity index is 879. The number of nitrogens with zero attached hydrogens (tertiary/aromatic N) is 2. The molecule has 7 heteroatoms. The van der Waals surface area contributed by atoms with Crippen LogP contribution >= 0.6 is 39.1 Å². The molecule has 0 atom stereocenters. The summed E-state index contributed by atoms with van der Waals surface area (Å²) in [6.45, 7) is 0.150. The first kappa shape index (κ1) is 17.0. The largest absolute Gasteiger partial charge is 0.457 e. The third-order valence-electron chi connectivity index (χ3n) is 3.27. The van der Waals surface area contributed by atoms with Gasteiger partial charge >= 0.3 is 0 Å². The molecule has 0 amide bonds. The van der Waals surface area contributed by atoms with Crippen LogP contribution in [0.15, 0.2) is 59.6 Å². The fourth-order valence-electron chi connectivity index (χ4n) is 2.09. The first-order valence-electron chi connectivity index (χ1n) is 6.95. The Morgan fingerprint density at radius 2 is 1.83 bits per heavy atom. The molecule has 0 fully saturated rings. The highest BCUT2D eigenvalue weighted by Crippen LogP contribution is 2.28. The Balaban J connectivity index is 1.75. The second kappa shape index (κ2) is 7.38. The van der Waals surface area contributed by atoms with Crippen LogP contribution in [-0.2, 0) is 6.54 Å². The molecule has 0 saturated heterocycles. The Morgan fingerprint density at radius 1 is 1.12 bits per heavy atom. The van der Waals surface area contributed by atoms with E-state index in [1.807, 2.05) is 0 Å². The number of hydrogen-bond donors (Lipinski definition) is 0. The maximum Gasteiger partial charge on any atom is 0.184 e. The number of ether oxygens (including phenoxy) is 1. The van der Waals surface area contributed by atoms with Crippen molar-refractivity contribution in [3.8, 4) is 11.5 Å². The lowest BCUT2D eigenvalue weighted by atomic mass is 10.1. The van der Waals surface area contributed by atoms with E-state index in [2.05, 4.69) is 20.9 Å². The van der Waals surface area contributed by atoms with Crippen LogP contribution in [0.4, 0.5) is 0 Å². The average molecular weight is 426 g/mol. The summed E-state index contributed by atoms with van der Waals surface area (Å²) in [5.74, 6) is 1.07. The number of hydrogen-bond acceptors (Lipinski definition) is 3. The predicted molar refractivity (Wildman–Crippen MR) is 97.2 cm³/mol. The topological polar surface area (TPSA) is 44.1 Å². The summed E-state index contributed by atoms with van der Waals surface area (Å²) in [7, 11) is 0. The van der Waals surface area contributed by atoms with Gasteiger partial charge in [-0.05, 0) is 52.3 Å². The van der Waals surface area contributed by atoms with Crippen LogP contribution in [0.25, 0.3) is 0 Å². The Kier molecular flexibility index (Phi) is 5.23. The van der Waals surface area contributed by atoms with E-state index in [9.17, 15) is 4.79 Å². The van der Waals surface area contributed by atoms with Crippen LogP contribution in [0.2, 0.25) is 10.0 Å². The van der Waals surface area contributed by atoms with Gasteiger partial charge in [0.15, 0.2) is 5.78 Å². The van der Waals surface area contributed by atoms with Gasteiger partial charge in [0.2, 0.25) is 0 Å². The monoisotopic (exact) mass is 424 g/mol. The van der Waals surface area contributed by atoms with Crippen molar-refractivity contribution in [1.29, 1.82) is 0 Å². The number of ketones is 1. The summed E-state index contributed by atoms with van der Waals surface area (Å²) in [5, 5.41) is 0.967. The van der Waals surface area contributed by atoms with Gasteiger partial charge in [-0.3, -0.25) is 4.79 Å². The number of benzene rings is 2. The van der Waals surface area contributed by atoms with Gasteiger partial charge in [-0.15, -0.1) is 0 Å². The number of rotatable bonds is 5. The highest BCUT2D eigenvalue weighted by Gasteiger charge is 2.13. The molecule has 2 aromatic carbocycles. The van der Waals surface area contributed by atoms with Crippen LogP contribution < -0.4 is 4.74 Å². The minimum atomic E-state index is -0.114. The van der Waals surface area contributed by atoms with E-state index in [1.165, 1.54) is 0 Å². The number of aromatic nitrogens is 2. The molecule has 0 unspecified atom stereocenters. The quantitative estimate of drug-likeness (QED) is 0.497. The molecule has 0 aliphatic carbocycles. The first-order chi connectivity index (χ1) is 11.5. The minimum absolute atomic E-state index is 0.114. The molecule has 0 aliphatic rings. The zero-order valence-electron chi connectivity index (χ0n) is 12.2. The zero-order chi connectivity index (χ0) is 17.1. The van der Waals surface area contributed by atoms with Crippen molar-refractivity contribution in [2.45, 2.75) is 6.54 Å². The molecule has 0 bridgehead atoms. The lowest BCUT2D eigenvalue weighted by Gasteiger charge is -2.09. The Labute approximate surface area is 157 Å². The van der Waals surface area contributed by atoms with Crippen LogP contribution in [-0.4, -0.2) is 15.3 Å². The molecule has 3 aromatic rings. The molecular weight excluding hydrogens is 415 g/mol. The van der Waals surface area contributed by atoms with Crippen LogP contribution in [0.1, 0.15) is 10.4 Å². The molecule has 24 heavy (non-hydrogen) atoms. The average Bonchev–Trinajstić information content (AvgIpc) is 2.95. The normalized spacial score (nSPS) is 10.6. The number of imidazole rings is 1.